The molecule has 21 heavy (non-hydrogen) atoms. The van der Waals surface area contributed by atoms with Crippen molar-refractivity contribution in [3.05, 3.63) is 60.8 Å². The third kappa shape index (κ3) is 2.97. The summed E-state index contributed by atoms with van der Waals surface area (Å²) in [6.07, 6.45) is -3.00. The maximum Gasteiger partial charge on any atom is 0.573 e. The quantitative estimate of drug-likeness (QED) is 0.676. The lowest BCUT2D eigenvalue weighted by molar-refractivity contribution is -0.274. The van der Waals surface area contributed by atoms with Crippen molar-refractivity contribution in [1.29, 1.82) is 0 Å². The van der Waals surface area contributed by atoms with Crippen molar-refractivity contribution in [2.24, 2.45) is 0 Å². The van der Waals surface area contributed by atoms with Gasteiger partial charge in [-0.25, -0.2) is 0 Å². The highest BCUT2D eigenvalue weighted by Crippen LogP contribution is 2.30. The van der Waals surface area contributed by atoms with Gasteiger partial charge in [0.25, 0.3) is 0 Å². The molecule has 0 bridgehead atoms. The Hall–Kier alpha value is -2.56. The maximum atomic E-state index is 12.1. The van der Waals surface area contributed by atoms with E-state index in [1.807, 2.05) is 30.3 Å². The van der Waals surface area contributed by atoms with Crippen LogP contribution in [0, 0.1) is 0 Å². The van der Waals surface area contributed by atoms with Crippen LogP contribution in [0.2, 0.25) is 0 Å². The van der Waals surface area contributed by atoms with Crippen molar-refractivity contribution in [2.75, 3.05) is 0 Å². The fourth-order valence-corrected chi connectivity index (χ4v) is 2.18. The molecule has 0 amide bonds. The van der Waals surface area contributed by atoms with Gasteiger partial charge in [-0.1, -0.05) is 30.3 Å². The van der Waals surface area contributed by atoms with Gasteiger partial charge in [-0.3, -0.25) is 4.98 Å². The molecular weight excluding hydrogens is 279 g/mol. The summed E-state index contributed by atoms with van der Waals surface area (Å²) in [6, 6.07) is 15.2. The van der Waals surface area contributed by atoms with Crippen molar-refractivity contribution >= 4 is 10.9 Å². The van der Waals surface area contributed by atoms with Gasteiger partial charge >= 0.3 is 6.36 Å². The van der Waals surface area contributed by atoms with Crippen LogP contribution in [-0.4, -0.2) is 11.3 Å². The zero-order chi connectivity index (χ0) is 14.9. The molecular formula is C16H10F3NO. The molecule has 2 aromatic carbocycles. The zero-order valence-corrected chi connectivity index (χ0v) is 10.8. The summed E-state index contributed by atoms with van der Waals surface area (Å²) in [5, 5.41) is 0.949. The largest absolute Gasteiger partial charge is 0.573 e. The highest BCUT2D eigenvalue weighted by molar-refractivity contribution is 5.94. The third-order valence-electron chi connectivity index (χ3n) is 3.05. The molecule has 0 N–H and O–H groups in total. The number of hydrogen-bond donors (Lipinski definition) is 0. The summed E-state index contributed by atoms with van der Waals surface area (Å²) >= 11 is 0. The number of fused-ring (bicyclic) bond motifs is 1. The number of ether oxygens (including phenoxy) is 1. The summed E-state index contributed by atoms with van der Waals surface area (Å²) in [4.78, 5) is 4.26. The van der Waals surface area contributed by atoms with E-state index in [0.717, 1.165) is 22.0 Å². The van der Waals surface area contributed by atoms with Gasteiger partial charge in [0.2, 0.25) is 0 Å². The lowest BCUT2D eigenvalue weighted by Crippen LogP contribution is -2.16. The second kappa shape index (κ2) is 5.09. The number of rotatable bonds is 2. The standard InChI is InChI=1S/C16H10F3NO/c17-16(18,19)21-12-7-5-11(6-8-12)13-9-10-20-15-4-2-1-3-14(13)15/h1-10H. The molecule has 0 saturated heterocycles. The van der Waals surface area contributed by atoms with E-state index in [1.54, 1.807) is 18.3 Å². The minimum Gasteiger partial charge on any atom is -0.406 e. The number of hydrogen-bond acceptors (Lipinski definition) is 2. The maximum absolute atomic E-state index is 12.1. The Kier molecular flexibility index (Phi) is 3.25. The number of aromatic nitrogens is 1. The van der Waals surface area contributed by atoms with Gasteiger partial charge in [-0.15, -0.1) is 13.2 Å². The first-order valence-electron chi connectivity index (χ1n) is 6.23. The highest BCUT2D eigenvalue weighted by atomic mass is 19.4. The van der Waals surface area contributed by atoms with Gasteiger partial charge < -0.3 is 4.74 Å². The summed E-state index contributed by atoms with van der Waals surface area (Å²) in [5.41, 5.74) is 2.56. The first-order valence-corrected chi connectivity index (χ1v) is 6.23. The molecule has 1 aromatic heterocycles. The van der Waals surface area contributed by atoms with Crippen LogP contribution >= 0.6 is 0 Å². The molecule has 106 valence electrons. The van der Waals surface area contributed by atoms with Crippen LogP contribution in [0.3, 0.4) is 0 Å². The highest BCUT2D eigenvalue weighted by Gasteiger charge is 2.30. The first-order chi connectivity index (χ1) is 10.0. The van der Waals surface area contributed by atoms with Crippen molar-refractivity contribution in [1.82, 2.24) is 4.98 Å². The Morgan fingerprint density at radius 1 is 0.857 bits per heavy atom. The summed E-state index contributed by atoms with van der Waals surface area (Å²) in [6.45, 7) is 0. The van der Waals surface area contributed by atoms with Gasteiger partial charge in [-0.2, -0.15) is 0 Å². The molecule has 0 aliphatic heterocycles. The van der Waals surface area contributed by atoms with Crippen molar-refractivity contribution in [2.45, 2.75) is 6.36 Å². The van der Waals surface area contributed by atoms with Gasteiger partial charge in [-0.05, 0) is 35.4 Å². The fraction of sp³-hybridized carbons (Fsp3) is 0.0625. The second-order valence-corrected chi connectivity index (χ2v) is 4.45. The van der Waals surface area contributed by atoms with Crippen LogP contribution in [0.5, 0.6) is 5.75 Å². The number of alkyl halides is 3. The Balaban J connectivity index is 2.00. The third-order valence-corrected chi connectivity index (χ3v) is 3.05. The van der Waals surface area contributed by atoms with E-state index < -0.39 is 6.36 Å². The van der Waals surface area contributed by atoms with Crippen LogP contribution in [0.4, 0.5) is 13.2 Å². The van der Waals surface area contributed by atoms with Crippen molar-refractivity contribution in [3.8, 4) is 16.9 Å². The van der Waals surface area contributed by atoms with Gasteiger partial charge in [0.1, 0.15) is 5.75 Å². The predicted octanol–water partition coefficient (Wildman–Crippen LogP) is 4.80. The lowest BCUT2D eigenvalue weighted by atomic mass is 10.0. The number of benzene rings is 2. The Labute approximate surface area is 118 Å². The molecule has 0 unspecified atom stereocenters. The average molecular weight is 289 g/mol. The predicted molar refractivity (Wildman–Crippen MR) is 73.9 cm³/mol. The van der Waals surface area contributed by atoms with E-state index in [9.17, 15) is 13.2 Å². The molecule has 1 heterocycles. The average Bonchev–Trinajstić information content (AvgIpc) is 2.46. The van der Waals surface area contributed by atoms with E-state index in [1.165, 1.54) is 12.1 Å². The number of halogens is 3. The smallest absolute Gasteiger partial charge is 0.406 e. The van der Waals surface area contributed by atoms with E-state index in [-0.39, 0.29) is 5.75 Å². The summed E-state index contributed by atoms with van der Waals surface area (Å²) in [5.74, 6) is -0.232. The molecule has 2 nitrogen and oxygen atoms in total. The minimum atomic E-state index is -4.68. The lowest BCUT2D eigenvalue weighted by Gasteiger charge is -2.10. The van der Waals surface area contributed by atoms with E-state index >= 15 is 0 Å². The Bertz CT molecular complexity index is 761. The van der Waals surface area contributed by atoms with Gasteiger partial charge in [0, 0.05) is 11.6 Å². The molecule has 0 saturated carbocycles. The molecule has 0 spiro atoms. The number of pyridine rings is 1. The van der Waals surface area contributed by atoms with Crippen LogP contribution in [0.25, 0.3) is 22.0 Å². The molecule has 3 rings (SSSR count). The van der Waals surface area contributed by atoms with Crippen LogP contribution < -0.4 is 4.74 Å². The fourth-order valence-electron chi connectivity index (χ4n) is 2.18. The van der Waals surface area contributed by atoms with Gasteiger partial charge in [0.05, 0.1) is 5.52 Å². The number of para-hydroxylation sites is 1. The zero-order valence-electron chi connectivity index (χ0n) is 10.8. The normalized spacial score (nSPS) is 11.6. The Morgan fingerprint density at radius 3 is 2.29 bits per heavy atom. The minimum absolute atomic E-state index is 0.232. The molecule has 3 aromatic rings. The molecule has 0 radical (unpaired) electrons. The summed E-state index contributed by atoms with van der Waals surface area (Å²) in [7, 11) is 0. The molecule has 0 aliphatic rings. The van der Waals surface area contributed by atoms with Crippen LogP contribution in [0.1, 0.15) is 0 Å². The first kappa shape index (κ1) is 13.4. The molecule has 0 aliphatic carbocycles. The molecule has 0 atom stereocenters. The Morgan fingerprint density at radius 2 is 1.57 bits per heavy atom. The SMILES string of the molecule is FC(F)(F)Oc1ccc(-c2ccnc3ccccc23)cc1. The van der Waals surface area contributed by atoms with Crippen LogP contribution in [0.15, 0.2) is 60.8 Å². The van der Waals surface area contributed by atoms with Crippen molar-refractivity contribution in [3.63, 3.8) is 0 Å². The van der Waals surface area contributed by atoms with E-state index in [0.29, 0.717) is 0 Å². The van der Waals surface area contributed by atoms with Crippen LogP contribution in [-0.2, 0) is 0 Å². The van der Waals surface area contributed by atoms with Gasteiger partial charge in [0.15, 0.2) is 0 Å². The van der Waals surface area contributed by atoms with Crippen molar-refractivity contribution < 1.29 is 17.9 Å². The second-order valence-electron chi connectivity index (χ2n) is 4.45. The molecule has 5 heteroatoms. The van der Waals surface area contributed by atoms with E-state index in [4.69, 9.17) is 0 Å². The number of nitrogens with zero attached hydrogens (tertiary/aromatic N) is 1. The van der Waals surface area contributed by atoms with E-state index in [2.05, 4.69) is 9.72 Å². The topological polar surface area (TPSA) is 22.1 Å². The monoisotopic (exact) mass is 289 g/mol. The molecule has 0 fully saturated rings. The summed E-state index contributed by atoms with van der Waals surface area (Å²) < 4.78 is 40.3.